The molecule has 4 aromatic rings. The molecule has 0 radical (unpaired) electrons. The molecule has 1 aliphatic heterocycles. The fourth-order valence-electron chi connectivity index (χ4n) is 4.93. The van der Waals surface area contributed by atoms with Crippen molar-refractivity contribution in [3.63, 3.8) is 0 Å². The Morgan fingerprint density at radius 1 is 1.05 bits per heavy atom. The van der Waals surface area contributed by atoms with Gasteiger partial charge in [-0.1, -0.05) is 17.7 Å². The Labute approximate surface area is 216 Å². The number of hydrogen-bond donors (Lipinski definition) is 3. The summed E-state index contributed by atoms with van der Waals surface area (Å²) in [4.78, 5) is 9.85. The maximum atomic E-state index is 13.9. The van der Waals surface area contributed by atoms with Gasteiger partial charge in [-0.05, 0) is 63.1 Å². The van der Waals surface area contributed by atoms with Gasteiger partial charge in [0.2, 0.25) is 5.95 Å². The summed E-state index contributed by atoms with van der Waals surface area (Å²) >= 11 is 0. The van der Waals surface area contributed by atoms with Crippen molar-refractivity contribution in [2.24, 2.45) is 7.05 Å². The summed E-state index contributed by atoms with van der Waals surface area (Å²) < 4.78 is 30.7. The largest absolute Gasteiger partial charge is 0.365 e. The zero-order valence-corrected chi connectivity index (χ0v) is 22.1. The van der Waals surface area contributed by atoms with Gasteiger partial charge in [-0.3, -0.25) is 4.68 Å². The summed E-state index contributed by atoms with van der Waals surface area (Å²) in [6.07, 6.45) is 9.39. The highest BCUT2D eigenvalue weighted by molar-refractivity contribution is 7.90. The van der Waals surface area contributed by atoms with Crippen LogP contribution in [0.5, 0.6) is 0 Å². The average Bonchev–Trinajstić information content (AvgIpc) is 3.52. The van der Waals surface area contributed by atoms with Crippen LogP contribution in [0, 0.1) is 6.92 Å². The maximum Gasteiger partial charge on any atom is 0.269 e. The van der Waals surface area contributed by atoms with E-state index in [2.05, 4.69) is 28.0 Å². The summed E-state index contributed by atoms with van der Waals surface area (Å²) in [6.45, 7) is 4.95. The van der Waals surface area contributed by atoms with Gasteiger partial charge in [0.1, 0.15) is 5.82 Å². The van der Waals surface area contributed by atoms with Gasteiger partial charge >= 0.3 is 0 Å². The fourth-order valence-corrected chi connectivity index (χ4v) is 6.25. The molecule has 1 aliphatic carbocycles. The van der Waals surface area contributed by atoms with Crippen LogP contribution < -0.4 is 16.0 Å². The SMILES string of the molecule is Cc1ccc(S(=O)(=O)n2cc(C3CC3)c3c(N[C@@H]4CC[C@H](C)NC4)nc(Nc4cnn(C)c4)nc32)cc1. The smallest absolute Gasteiger partial charge is 0.269 e. The van der Waals surface area contributed by atoms with Crippen LogP contribution >= 0.6 is 0 Å². The quantitative estimate of drug-likeness (QED) is 0.336. The van der Waals surface area contributed by atoms with Crippen molar-refractivity contribution in [1.29, 1.82) is 0 Å². The first-order valence-corrected chi connectivity index (χ1v) is 14.2. The van der Waals surface area contributed by atoms with Gasteiger partial charge in [0.25, 0.3) is 10.0 Å². The monoisotopic (exact) mass is 520 g/mol. The van der Waals surface area contributed by atoms with Crippen LogP contribution in [0.2, 0.25) is 0 Å². The zero-order valence-electron chi connectivity index (χ0n) is 21.3. The number of fused-ring (bicyclic) bond motifs is 1. The molecule has 10 nitrogen and oxygen atoms in total. The molecule has 37 heavy (non-hydrogen) atoms. The maximum absolute atomic E-state index is 13.9. The molecule has 0 unspecified atom stereocenters. The Balaban J connectivity index is 1.51. The number of anilines is 3. The summed E-state index contributed by atoms with van der Waals surface area (Å²) in [7, 11) is -2.03. The fraction of sp³-hybridized carbons (Fsp3) is 0.423. The van der Waals surface area contributed by atoms with E-state index in [1.165, 1.54) is 3.97 Å². The number of nitrogens with one attached hydrogen (secondary N) is 3. The molecule has 3 N–H and O–H groups in total. The van der Waals surface area contributed by atoms with Gasteiger partial charge in [0, 0.05) is 38.1 Å². The molecule has 2 aliphatic rings. The van der Waals surface area contributed by atoms with E-state index in [1.54, 1.807) is 29.2 Å². The predicted octanol–water partition coefficient (Wildman–Crippen LogP) is 3.88. The number of piperidine rings is 1. The van der Waals surface area contributed by atoms with Crippen molar-refractivity contribution < 1.29 is 8.42 Å². The van der Waals surface area contributed by atoms with Gasteiger partial charge in [-0.15, -0.1) is 0 Å². The number of benzene rings is 1. The molecule has 3 aromatic heterocycles. The van der Waals surface area contributed by atoms with E-state index in [1.807, 2.05) is 32.3 Å². The van der Waals surface area contributed by atoms with Gasteiger partial charge in [0.15, 0.2) is 5.65 Å². The van der Waals surface area contributed by atoms with Crippen molar-refractivity contribution in [3.05, 3.63) is 54.0 Å². The zero-order chi connectivity index (χ0) is 25.7. The van der Waals surface area contributed by atoms with Gasteiger partial charge in [0.05, 0.1) is 22.2 Å². The van der Waals surface area contributed by atoms with E-state index in [4.69, 9.17) is 9.97 Å². The van der Waals surface area contributed by atoms with Gasteiger partial charge < -0.3 is 16.0 Å². The summed E-state index contributed by atoms with van der Waals surface area (Å²) in [5.74, 6) is 1.29. The molecular weight excluding hydrogens is 488 g/mol. The minimum absolute atomic E-state index is 0.185. The minimum Gasteiger partial charge on any atom is -0.365 e. The Hall–Kier alpha value is -3.44. The van der Waals surface area contributed by atoms with Gasteiger partial charge in [-0.2, -0.15) is 15.1 Å². The standard InChI is InChI=1S/C26H32N8O2S/c1-16-4-10-21(11-5-16)37(35,36)34-15-22(18-7-8-18)23-24(29-19-9-6-17(2)27-12-19)31-26(32-25(23)34)30-20-13-28-33(3)14-20/h4-5,10-11,13-15,17-19,27H,6-9,12H2,1-3H3,(H2,29,30,31,32)/t17-,19+/m0/s1. The normalized spacial score (nSPS) is 20.3. The first-order chi connectivity index (χ1) is 17.8. The number of nitrogens with zero attached hydrogens (tertiary/aromatic N) is 5. The van der Waals surface area contributed by atoms with Crippen molar-refractivity contribution in [3.8, 4) is 0 Å². The Bertz CT molecular complexity index is 1550. The number of rotatable bonds is 7. The van der Waals surface area contributed by atoms with E-state index in [0.717, 1.165) is 54.4 Å². The van der Waals surface area contributed by atoms with E-state index < -0.39 is 10.0 Å². The van der Waals surface area contributed by atoms with Crippen molar-refractivity contribution in [1.82, 2.24) is 29.0 Å². The van der Waals surface area contributed by atoms with E-state index in [9.17, 15) is 8.42 Å². The third kappa shape index (κ3) is 4.69. The number of aryl methyl sites for hydroxylation is 2. The highest BCUT2D eigenvalue weighted by atomic mass is 32.2. The van der Waals surface area contributed by atoms with Crippen molar-refractivity contribution in [2.45, 2.75) is 62.4 Å². The number of aromatic nitrogens is 5. The lowest BCUT2D eigenvalue weighted by molar-refractivity contribution is 0.398. The molecule has 1 saturated heterocycles. The first-order valence-electron chi connectivity index (χ1n) is 12.8. The summed E-state index contributed by atoms with van der Waals surface area (Å²) in [6, 6.07) is 7.59. The molecule has 6 rings (SSSR count). The van der Waals surface area contributed by atoms with Crippen LogP contribution in [0.15, 0.2) is 47.8 Å². The van der Waals surface area contributed by atoms with Crippen LogP contribution in [-0.4, -0.2) is 50.8 Å². The summed E-state index contributed by atoms with van der Waals surface area (Å²) in [5, 5.41) is 15.4. The number of hydrogen-bond acceptors (Lipinski definition) is 8. The second kappa shape index (κ2) is 9.14. The van der Waals surface area contributed by atoms with Crippen LogP contribution in [0.1, 0.15) is 49.7 Å². The molecule has 0 amide bonds. The Morgan fingerprint density at radius 3 is 2.49 bits per heavy atom. The average molecular weight is 521 g/mol. The molecule has 1 aromatic carbocycles. The Kier molecular flexibility index (Phi) is 5.91. The lowest BCUT2D eigenvalue weighted by Gasteiger charge is -2.29. The van der Waals surface area contributed by atoms with E-state index >= 15 is 0 Å². The summed E-state index contributed by atoms with van der Waals surface area (Å²) in [5.41, 5.74) is 3.09. The van der Waals surface area contributed by atoms with E-state index in [-0.39, 0.29) is 10.9 Å². The van der Waals surface area contributed by atoms with Crippen molar-refractivity contribution in [2.75, 3.05) is 17.2 Å². The third-order valence-electron chi connectivity index (χ3n) is 7.20. The van der Waals surface area contributed by atoms with Crippen LogP contribution in [0.3, 0.4) is 0 Å². The highest BCUT2D eigenvalue weighted by Crippen LogP contribution is 2.46. The third-order valence-corrected chi connectivity index (χ3v) is 8.87. The molecule has 1 saturated carbocycles. The molecular formula is C26H32N8O2S. The van der Waals surface area contributed by atoms with Crippen LogP contribution in [0.25, 0.3) is 11.0 Å². The highest BCUT2D eigenvalue weighted by Gasteiger charge is 2.33. The molecule has 0 spiro atoms. The molecule has 4 heterocycles. The second-order valence-corrected chi connectivity index (χ2v) is 12.1. The van der Waals surface area contributed by atoms with Crippen molar-refractivity contribution >= 4 is 38.5 Å². The molecule has 11 heteroatoms. The topological polar surface area (TPSA) is 119 Å². The molecule has 0 bridgehead atoms. The second-order valence-electron chi connectivity index (χ2n) is 10.3. The molecule has 194 valence electrons. The lowest BCUT2D eigenvalue weighted by Crippen LogP contribution is -2.43. The lowest BCUT2D eigenvalue weighted by atomic mass is 10.0. The van der Waals surface area contributed by atoms with Crippen LogP contribution in [0.4, 0.5) is 17.5 Å². The first kappa shape index (κ1) is 23.9. The minimum atomic E-state index is -3.87. The van der Waals surface area contributed by atoms with Crippen LogP contribution in [-0.2, 0) is 17.1 Å². The van der Waals surface area contributed by atoms with E-state index in [0.29, 0.717) is 29.4 Å². The van der Waals surface area contributed by atoms with Gasteiger partial charge in [-0.25, -0.2) is 12.4 Å². The molecule has 2 fully saturated rings. The molecule has 2 atom stereocenters. The predicted molar refractivity (Wildman–Crippen MR) is 144 cm³/mol. The Morgan fingerprint density at radius 2 is 1.84 bits per heavy atom.